The standard InChI is InChI=1S/C19H14F3NO3S2/c1-26-17(25)14(9-24)13-5-3-2-4-11(13)10-27-18-23-15-8-12(19(20,21)22)6-7-16(15)28-18/h2-9,24H,10H2,1H3/b14-9+. The molecule has 1 N–H and O–H groups in total. The zero-order valence-electron chi connectivity index (χ0n) is 14.5. The largest absolute Gasteiger partial charge is 0.515 e. The van der Waals surface area contributed by atoms with Crippen molar-refractivity contribution in [2.75, 3.05) is 7.11 Å². The van der Waals surface area contributed by atoms with Crippen LogP contribution in [0.1, 0.15) is 16.7 Å². The second-order valence-electron chi connectivity index (χ2n) is 5.64. The van der Waals surface area contributed by atoms with Crippen LogP contribution in [0.3, 0.4) is 0 Å². The van der Waals surface area contributed by atoms with Crippen molar-refractivity contribution in [3.8, 4) is 0 Å². The number of ether oxygens (including phenoxy) is 1. The number of hydrogen-bond donors (Lipinski definition) is 1. The number of aliphatic hydroxyl groups excluding tert-OH is 1. The van der Waals surface area contributed by atoms with Crippen molar-refractivity contribution in [2.45, 2.75) is 16.3 Å². The minimum atomic E-state index is -4.41. The number of aliphatic hydroxyl groups is 1. The first-order chi connectivity index (χ1) is 13.3. The molecule has 1 aromatic heterocycles. The summed E-state index contributed by atoms with van der Waals surface area (Å²) >= 11 is 2.63. The number of carbonyl (C=O) groups is 1. The maximum atomic E-state index is 12.8. The summed E-state index contributed by atoms with van der Waals surface area (Å²) < 4.78 is 44.5. The van der Waals surface area contributed by atoms with Gasteiger partial charge in [-0.25, -0.2) is 9.78 Å². The van der Waals surface area contributed by atoms with Crippen molar-refractivity contribution in [1.29, 1.82) is 0 Å². The number of thiazole rings is 1. The molecule has 0 saturated carbocycles. The predicted molar refractivity (Wildman–Crippen MR) is 103 cm³/mol. The highest BCUT2D eigenvalue weighted by Crippen LogP contribution is 2.36. The first-order valence-electron chi connectivity index (χ1n) is 7.95. The second kappa shape index (κ2) is 8.24. The summed E-state index contributed by atoms with van der Waals surface area (Å²) in [5.41, 5.74) is 0.861. The number of hydrogen-bond acceptors (Lipinski definition) is 6. The van der Waals surface area contributed by atoms with Crippen LogP contribution in [0.25, 0.3) is 15.8 Å². The molecule has 0 fully saturated rings. The highest BCUT2D eigenvalue weighted by molar-refractivity contribution is 8.00. The third-order valence-corrected chi connectivity index (χ3v) is 6.12. The lowest BCUT2D eigenvalue weighted by Gasteiger charge is -2.10. The summed E-state index contributed by atoms with van der Waals surface area (Å²) in [6.07, 6.45) is -3.71. The van der Waals surface area contributed by atoms with Gasteiger partial charge in [0.2, 0.25) is 0 Å². The summed E-state index contributed by atoms with van der Waals surface area (Å²) in [6.45, 7) is 0. The van der Waals surface area contributed by atoms with E-state index in [9.17, 15) is 23.1 Å². The molecule has 0 aliphatic rings. The number of carbonyl (C=O) groups excluding carboxylic acids is 1. The summed E-state index contributed by atoms with van der Waals surface area (Å²) in [7, 11) is 1.22. The number of nitrogens with zero attached hydrogens (tertiary/aromatic N) is 1. The molecule has 2 aromatic carbocycles. The van der Waals surface area contributed by atoms with Gasteiger partial charge < -0.3 is 9.84 Å². The molecular formula is C19H14F3NO3S2. The van der Waals surface area contributed by atoms with Gasteiger partial charge in [0, 0.05) is 5.75 Å². The van der Waals surface area contributed by atoms with Crippen LogP contribution in [0, 0.1) is 0 Å². The van der Waals surface area contributed by atoms with Crippen LogP contribution in [-0.4, -0.2) is 23.2 Å². The van der Waals surface area contributed by atoms with Crippen LogP contribution >= 0.6 is 23.1 Å². The molecule has 3 rings (SSSR count). The van der Waals surface area contributed by atoms with E-state index in [0.29, 0.717) is 32.1 Å². The highest BCUT2D eigenvalue weighted by Gasteiger charge is 2.30. The summed E-state index contributed by atoms with van der Waals surface area (Å²) in [4.78, 5) is 16.1. The van der Waals surface area contributed by atoms with Crippen LogP contribution in [-0.2, 0) is 21.5 Å². The lowest BCUT2D eigenvalue weighted by Crippen LogP contribution is -2.06. The Morgan fingerprint density at radius 1 is 1.29 bits per heavy atom. The lowest BCUT2D eigenvalue weighted by atomic mass is 10.0. The van der Waals surface area contributed by atoms with Crippen LogP contribution in [0.5, 0.6) is 0 Å². The van der Waals surface area contributed by atoms with Gasteiger partial charge in [-0.05, 0) is 29.3 Å². The third-order valence-electron chi connectivity index (χ3n) is 3.89. The molecule has 0 bridgehead atoms. The Balaban J connectivity index is 1.84. The Morgan fingerprint density at radius 3 is 2.71 bits per heavy atom. The van der Waals surface area contributed by atoms with E-state index in [2.05, 4.69) is 9.72 Å². The van der Waals surface area contributed by atoms with Crippen molar-refractivity contribution in [3.63, 3.8) is 0 Å². The Labute approximate surface area is 166 Å². The number of esters is 1. The number of alkyl halides is 3. The van der Waals surface area contributed by atoms with E-state index in [1.54, 1.807) is 24.3 Å². The minimum Gasteiger partial charge on any atom is -0.515 e. The van der Waals surface area contributed by atoms with Gasteiger partial charge in [-0.15, -0.1) is 11.3 Å². The average Bonchev–Trinajstić information content (AvgIpc) is 3.09. The average molecular weight is 425 g/mol. The first-order valence-corrected chi connectivity index (χ1v) is 9.75. The molecule has 0 amide bonds. The molecule has 0 saturated heterocycles. The number of rotatable bonds is 5. The molecule has 0 spiro atoms. The molecule has 4 nitrogen and oxygen atoms in total. The van der Waals surface area contributed by atoms with Crippen molar-refractivity contribution in [3.05, 3.63) is 65.4 Å². The monoisotopic (exact) mass is 425 g/mol. The predicted octanol–water partition coefficient (Wildman–Crippen LogP) is 5.68. The number of aromatic nitrogens is 1. The molecule has 0 aliphatic heterocycles. The minimum absolute atomic E-state index is 0.0258. The van der Waals surface area contributed by atoms with Gasteiger partial charge in [-0.3, -0.25) is 0 Å². The number of fused-ring (bicyclic) bond motifs is 1. The van der Waals surface area contributed by atoms with Crippen LogP contribution in [0.2, 0.25) is 0 Å². The quantitative estimate of drug-likeness (QED) is 0.247. The summed E-state index contributed by atoms with van der Waals surface area (Å²) in [6, 6.07) is 10.5. The van der Waals surface area contributed by atoms with E-state index in [-0.39, 0.29) is 5.57 Å². The Kier molecular flexibility index (Phi) is 5.95. The number of methoxy groups -OCH3 is 1. The molecule has 9 heteroatoms. The third kappa shape index (κ3) is 4.31. The Hall–Kier alpha value is -2.52. The van der Waals surface area contributed by atoms with E-state index >= 15 is 0 Å². The van der Waals surface area contributed by atoms with Crippen molar-refractivity contribution < 1.29 is 27.8 Å². The highest BCUT2D eigenvalue weighted by atomic mass is 32.2. The topological polar surface area (TPSA) is 59.4 Å². The molecule has 0 aliphatic carbocycles. The van der Waals surface area contributed by atoms with E-state index in [4.69, 9.17) is 0 Å². The number of benzene rings is 2. The van der Waals surface area contributed by atoms with Gasteiger partial charge in [0.15, 0.2) is 4.34 Å². The summed E-state index contributed by atoms with van der Waals surface area (Å²) in [5.74, 6) is -0.254. The molecule has 0 radical (unpaired) electrons. The van der Waals surface area contributed by atoms with Crippen LogP contribution < -0.4 is 0 Å². The SMILES string of the molecule is COC(=O)/C(=C/O)c1ccccc1CSc1nc2cc(C(F)(F)F)ccc2s1. The fourth-order valence-corrected chi connectivity index (χ4v) is 4.59. The fraction of sp³-hybridized carbons (Fsp3) is 0.158. The van der Waals surface area contributed by atoms with Crippen LogP contribution in [0.15, 0.2) is 53.1 Å². The van der Waals surface area contributed by atoms with Gasteiger partial charge >= 0.3 is 12.1 Å². The molecule has 0 atom stereocenters. The molecule has 146 valence electrons. The maximum absolute atomic E-state index is 12.8. The number of thioether (sulfide) groups is 1. The van der Waals surface area contributed by atoms with Gasteiger partial charge in [0.1, 0.15) is 5.57 Å². The van der Waals surface area contributed by atoms with E-state index < -0.39 is 17.7 Å². The van der Waals surface area contributed by atoms with Crippen molar-refractivity contribution in [1.82, 2.24) is 4.98 Å². The summed E-state index contributed by atoms with van der Waals surface area (Å²) in [5, 5.41) is 9.41. The first kappa shape index (κ1) is 20.2. The zero-order valence-corrected chi connectivity index (χ0v) is 16.1. The van der Waals surface area contributed by atoms with Gasteiger partial charge in [0.05, 0.1) is 29.2 Å². The molecular weight excluding hydrogens is 411 g/mol. The molecule has 28 heavy (non-hydrogen) atoms. The normalized spacial score (nSPS) is 12.4. The van der Waals surface area contributed by atoms with Gasteiger partial charge in [-0.1, -0.05) is 36.0 Å². The molecule has 3 aromatic rings. The van der Waals surface area contributed by atoms with E-state index in [1.165, 1.54) is 36.3 Å². The maximum Gasteiger partial charge on any atom is 0.416 e. The second-order valence-corrected chi connectivity index (χ2v) is 7.89. The molecule has 0 unspecified atom stereocenters. The fourth-order valence-electron chi connectivity index (χ4n) is 2.53. The van der Waals surface area contributed by atoms with Gasteiger partial charge in [-0.2, -0.15) is 13.2 Å². The van der Waals surface area contributed by atoms with Crippen molar-refractivity contribution in [2.24, 2.45) is 0 Å². The van der Waals surface area contributed by atoms with Crippen molar-refractivity contribution >= 4 is 44.9 Å². The lowest BCUT2D eigenvalue weighted by molar-refractivity contribution is -0.137. The smallest absolute Gasteiger partial charge is 0.416 e. The van der Waals surface area contributed by atoms with E-state index in [0.717, 1.165) is 17.7 Å². The Bertz CT molecular complexity index is 1040. The van der Waals surface area contributed by atoms with E-state index in [1.807, 2.05) is 0 Å². The molecule has 1 heterocycles. The Morgan fingerprint density at radius 2 is 2.04 bits per heavy atom. The van der Waals surface area contributed by atoms with Gasteiger partial charge in [0.25, 0.3) is 0 Å². The number of halogens is 3. The van der Waals surface area contributed by atoms with Crippen LogP contribution in [0.4, 0.5) is 13.2 Å². The zero-order chi connectivity index (χ0) is 20.3.